The summed E-state index contributed by atoms with van der Waals surface area (Å²) in [6, 6.07) is 9.32. The molecule has 3 nitrogen and oxygen atoms in total. The molecule has 0 fully saturated rings. The molecule has 0 radical (unpaired) electrons. The number of aromatic nitrogens is 2. The van der Waals surface area contributed by atoms with Gasteiger partial charge in [0, 0.05) is 59.2 Å². The molecule has 1 aromatic carbocycles. The Hall–Kier alpha value is -2.36. The third kappa shape index (κ3) is 2.77. The molecule has 0 atom stereocenters. The second kappa shape index (κ2) is 5.93. The molecule has 4 heteroatoms. The van der Waals surface area contributed by atoms with Crippen LogP contribution in [0.5, 0.6) is 0 Å². The van der Waals surface area contributed by atoms with E-state index in [1.807, 2.05) is 12.3 Å². The Labute approximate surface area is 141 Å². The number of pyridine rings is 1. The molecule has 2 aromatic heterocycles. The highest BCUT2D eigenvalue weighted by Crippen LogP contribution is 2.30. The van der Waals surface area contributed by atoms with Gasteiger partial charge in [0.1, 0.15) is 5.82 Å². The van der Waals surface area contributed by atoms with Gasteiger partial charge in [-0.1, -0.05) is 13.8 Å². The smallest absolute Gasteiger partial charge is 0.125 e. The molecular weight excluding hydrogens is 301 g/mol. The molecule has 1 N–H and O–H groups in total. The van der Waals surface area contributed by atoms with Gasteiger partial charge >= 0.3 is 0 Å². The molecule has 3 aromatic rings. The van der Waals surface area contributed by atoms with Gasteiger partial charge in [-0.15, -0.1) is 0 Å². The van der Waals surface area contributed by atoms with E-state index in [-0.39, 0.29) is 5.82 Å². The molecule has 1 aliphatic heterocycles. The quantitative estimate of drug-likeness (QED) is 0.771. The molecule has 0 aliphatic carbocycles. The van der Waals surface area contributed by atoms with Crippen molar-refractivity contribution >= 4 is 16.6 Å². The van der Waals surface area contributed by atoms with Crippen LogP contribution in [-0.2, 0) is 19.4 Å². The van der Waals surface area contributed by atoms with Crippen LogP contribution in [0.15, 0.2) is 36.5 Å². The lowest BCUT2D eigenvalue weighted by molar-refractivity contribution is 0.629. The standard InChI is InChI=1S/C20H22FN3/c1-13(2)9-15-11-16(5-7-22-15)24-8-6-19-18(12-24)17-4-3-14(21)10-20(17)23-19/h3-5,7,10-11,13,23H,6,8-9,12H2,1-2H3. The van der Waals surface area contributed by atoms with Gasteiger partial charge in [0.25, 0.3) is 0 Å². The van der Waals surface area contributed by atoms with Gasteiger partial charge in [0.2, 0.25) is 0 Å². The maximum atomic E-state index is 13.5. The average Bonchev–Trinajstić information content (AvgIpc) is 2.91. The molecule has 0 unspecified atom stereocenters. The van der Waals surface area contributed by atoms with Crippen molar-refractivity contribution in [2.45, 2.75) is 33.2 Å². The summed E-state index contributed by atoms with van der Waals surface area (Å²) in [5.74, 6) is 0.412. The number of hydrogen-bond donors (Lipinski definition) is 1. The van der Waals surface area contributed by atoms with Crippen LogP contribution in [-0.4, -0.2) is 16.5 Å². The molecule has 24 heavy (non-hydrogen) atoms. The highest BCUT2D eigenvalue weighted by atomic mass is 19.1. The van der Waals surface area contributed by atoms with E-state index >= 15 is 0 Å². The summed E-state index contributed by atoms with van der Waals surface area (Å²) in [5, 5.41) is 1.13. The minimum atomic E-state index is -0.189. The van der Waals surface area contributed by atoms with Gasteiger partial charge in [-0.3, -0.25) is 4.98 Å². The van der Waals surface area contributed by atoms with Crippen LogP contribution < -0.4 is 4.90 Å². The van der Waals surface area contributed by atoms with Crippen LogP contribution in [0.1, 0.15) is 30.8 Å². The van der Waals surface area contributed by atoms with Crippen molar-refractivity contribution in [3.05, 3.63) is 59.3 Å². The van der Waals surface area contributed by atoms with Crippen molar-refractivity contribution < 1.29 is 4.39 Å². The van der Waals surface area contributed by atoms with Crippen molar-refractivity contribution in [1.82, 2.24) is 9.97 Å². The Morgan fingerprint density at radius 2 is 2.12 bits per heavy atom. The number of benzene rings is 1. The number of H-pyrrole nitrogens is 1. The predicted octanol–water partition coefficient (Wildman–Crippen LogP) is 4.46. The van der Waals surface area contributed by atoms with Crippen LogP contribution in [0.3, 0.4) is 0 Å². The van der Waals surface area contributed by atoms with E-state index in [2.05, 4.69) is 40.8 Å². The van der Waals surface area contributed by atoms with Gasteiger partial charge in [-0.2, -0.15) is 0 Å². The van der Waals surface area contributed by atoms with E-state index in [0.29, 0.717) is 5.92 Å². The zero-order chi connectivity index (χ0) is 16.7. The Kier molecular flexibility index (Phi) is 3.75. The zero-order valence-electron chi connectivity index (χ0n) is 14.1. The highest BCUT2D eigenvalue weighted by molar-refractivity contribution is 5.85. The van der Waals surface area contributed by atoms with Crippen LogP contribution in [0.25, 0.3) is 10.9 Å². The van der Waals surface area contributed by atoms with E-state index in [4.69, 9.17) is 0 Å². The minimum Gasteiger partial charge on any atom is -0.367 e. The number of hydrogen-bond acceptors (Lipinski definition) is 2. The summed E-state index contributed by atoms with van der Waals surface area (Å²) >= 11 is 0. The van der Waals surface area contributed by atoms with Crippen LogP contribution in [0.4, 0.5) is 10.1 Å². The van der Waals surface area contributed by atoms with E-state index in [0.717, 1.165) is 42.5 Å². The van der Waals surface area contributed by atoms with Gasteiger partial charge in [-0.05, 0) is 42.7 Å². The second-order valence-electron chi connectivity index (χ2n) is 7.05. The van der Waals surface area contributed by atoms with Crippen LogP contribution in [0.2, 0.25) is 0 Å². The van der Waals surface area contributed by atoms with Gasteiger partial charge < -0.3 is 9.88 Å². The maximum absolute atomic E-state index is 13.5. The molecule has 0 saturated carbocycles. The average molecular weight is 323 g/mol. The fraction of sp³-hybridized carbons (Fsp3) is 0.350. The third-order valence-corrected chi connectivity index (χ3v) is 4.72. The first kappa shape index (κ1) is 15.2. The summed E-state index contributed by atoms with van der Waals surface area (Å²) < 4.78 is 13.5. The largest absolute Gasteiger partial charge is 0.367 e. The highest BCUT2D eigenvalue weighted by Gasteiger charge is 2.21. The fourth-order valence-electron chi connectivity index (χ4n) is 3.61. The Morgan fingerprint density at radius 3 is 2.96 bits per heavy atom. The monoisotopic (exact) mass is 323 g/mol. The number of fused-ring (bicyclic) bond motifs is 3. The number of anilines is 1. The molecule has 3 heterocycles. The SMILES string of the molecule is CC(C)Cc1cc(N2CCc3[nH]c4cc(F)ccc4c3C2)ccn1. The van der Waals surface area contributed by atoms with Gasteiger partial charge in [0.15, 0.2) is 0 Å². The Balaban J connectivity index is 1.65. The number of halogens is 1. The first-order chi connectivity index (χ1) is 11.6. The van der Waals surface area contributed by atoms with Crippen molar-refractivity contribution in [3.8, 4) is 0 Å². The number of rotatable bonds is 3. The lowest BCUT2D eigenvalue weighted by Crippen LogP contribution is -2.30. The number of nitrogens with zero attached hydrogens (tertiary/aromatic N) is 2. The van der Waals surface area contributed by atoms with Crippen molar-refractivity contribution in [2.24, 2.45) is 5.92 Å². The summed E-state index contributed by atoms with van der Waals surface area (Å²) in [6.07, 6.45) is 3.86. The van der Waals surface area contributed by atoms with Crippen molar-refractivity contribution in [2.75, 3.05) is 11.4 Å². The molecule has 124 valence electrons. The molecular formula is C20H22FN3. The molecule has 0 saturated heterocycles. The molecule has 4 rings (SSSR count). The summed E-state index contributed by atoms with van der Waals surface area (Å²) in [6.45, 7) is 6.25. The fourth-order valence-corrected chi connectivity index (χ4v) is 3.61. The van der Waals surface area contributed by atoms with Crippen LogP contribution >= 0.6 is 0 Å². The third-order valence-electron chi connectivity index (χ3n) is 4.72. The van der Waals surface area contributed by atoms with Crippen molar-refractivity contribution in [3.63, 3.8) is 0 Å². The molecule has 1 aliphatic rings. The van der Waals surface area contributed by atoms with Gasteiger partial charge in [0.05, 0.1) is 0 Å². The van der Waals surface area contributed by atoms with Gasteiger partial charge in [-0.25, -0.2) is 4.39 Å². The van der Waals surface area contributed by atoms with E-state index in [1.165, 1.54) is 16.9 Å². The first-order valence-electron chi connectivity index (χ1n) is 8.59. The van der Waals surface area contributed by atoms with Crippen LogP contribution in [0, 0.1) is 11.7 Å². The Bertz CT molecular complexity index is 882. The lowest BCUT2D eigenvalue weighted by Gasteiger charge is -2.29. The van der Waals surface area contributed by atoms with E-state index < -0.39 is 0 Å². The molecule has 0 bridgehead atoms. The van der Waals surface area contributed by atoms with E-state index in [9.17, 15) is 4.39 Å². The zero-order valence-corrected chi connectivity index (χ0v) is 14.1. The van der Waals surface area contributed by atoms with E-state index in [1.54, 1.807) is 12.1 Å². The summed E-state index contributed by atoms with van der Waals surface area (Å²) in [5.41, 5.74) is 5.80. The number of nitrogens with one attached hydrogen (secondary N) is 1. The molecule has 0 spiro atoms. The summed E-state index contributed by atoms with van der Waals surface area (Å²) in [4.78, 5) is 10.3. The maximum Gasteiger partial charge on any atom is 0.125 e. The normalized spacial score (nSPS) is 14.4. The van der Waals surface area contributed by atoms with Crippen molar-refractivity contribution in [1.29, 1.82) is 0 Å². The second-order valence-corrected chi connectivity index (χ2v) is 7.05. The number of aromatic amines is 1. The first-order valence-corrected chi connectivity index (χ1v) is 8.59. The molecule has 0 amide bonds. The topological polar surface area (TPSA) is 31.9 Å². The Morgan fingerprint density at radius 1 is 1.25 bits per heavy atom. The predicted molar refractivity (Wildman–Crippen MR) is 95.8 cm³/mol. The lowest BCUT2D eigenvalue weighted by atomic mass is 10.0. The summed E-state index contributed by atoms with van der Waals surface area (Å²) in [7, 11) is 0. The minimum absolute atomic E-state index is 0.189.